The highest BCUT2D eigenvalue weighted by Crippen LogP contribution is 2.13. The van der Waals surface area contributed by atoms with E-state index in [4.69, 9.17) is 9.84 Å². The summed E-state index contributed by atoms with van der Waals surface area (Å²) in [7, 11) is -1.74. The van der Waals surface area contributed by atoms with E-state index in [1.165, 1.54) is 16.3 Å². The van der Waals surface area contributed by atoms with Crippen molar-refractivity contribution in [2.45, 2.75) is 0 Å². The van der Waals surface area contributed by atoms with Gasteiger partial charge in [0.05, 0.1) is 12.9 Å². The molecule has 1 saturated heterocycles. The Balaban J connectivity index is 2.81. The summed E-state index contributed by atoms with van der Waals surface area (Å²) >= 11 is 0. The molecule has 1 aliphatic heterocycles. The van der Waals surface area contributed by atoms with Crippen molar-refractivity contribution in [1.29, 1.82) is 0 Å². The molecular weight excluding hydrogens is 260 g/mol. The van der Waals surface area contributed by atoms with Crippen molar-refractivity contribution < 1.29 is 23.1 Å². The van der Waals surface area contributed by atoms with Crippen LogP contribution in [0.1, 0.15) is 0 Å². The molecular formula is C10H20N2O5S. The Bertz CT molecular complexity index is 384. The zero-order valence-electron chi connectivity index (χ0n) is 10.7. The maximum atomic E-state index is 11.6. The summed E-state index contributed by atoms with van der Waals surface area (Å²) in [4.78, 5) is 13.0. The monoisotopic (exact) mass is 280 g/mol. The van der Waals surface area contributed by atoms with E-state index >= 15 is 0 Å². The summed E-state index contributed by atoms with van der Waals surface area (Å²) in [5.74, 6) is -0.464. The maximum absolute atomic E-state index is 11.6. The molecule has 7 nitrogen and oxygen atoms in total. The smallest absolute Gasteiger partial charge is 0.248 e. The molecule has 1 N–H and O–H groups in total. The normalized spacial score (nSPS) is 22.8. The average molecular weight is 280 g/mol. The highest BCUT2D eigenvalue weighted by atomic mass is 32.2. The molecule has 0 saturated carbocycles. The first-order valence-corrected chi connectivity index (χ1v) is 7.56. The fourth-order valence-corrected chi connectivity index (χ4v) is 2.94. The third-order valence-corrected chi connectivity index (χ3v) is 4.19. The van der Waals surface area contributed by atoms with E-state index in [0.29, 0.717) is 26.2 Å². The van der Waals surface area contributed by atoms with Crippen molar-refractivity contribution in [2.24, 2.45) is 5.92 Å². The molecule has 18 heavy (non-hydrogen) atoms. The predicted octanol–water partition coefficient (Wildman–Crippen LogP) is -1.65. The van der Waals surface area contributed by atoms with Crippen LogP contribution in [0.15, 0.2) is 0 Å². The number of methoxy groups -OCH3 is 1. The Labute approximate surface area is 107 Å². The summed E-state index contributed by atoms with van der Waals surface area (Å²) < 4.78 is 29.5. The summed E-state index contributed by atoms with van der Waals surface area (Å²) in [5, 5.41) is 8.87. The van der Waals surface area contributed by atoms with Crippen LogP contribution < -0.4 is 0 Å². The van der Waals surface area contributed by atoms with Gasteiger partial charge in [-0.2, -0.15) is 4.31 Å². The molecule has 1 aliphatic rings. The lowest BCUT2D eigenvalue weighted by Crippen LogP contribution is -2.38. The van der Waals surface area contributed by atoms with Gasteiger partial charge in [-0.05, 0) is 0 Å². The van der Waals surface area contributed by atoms with E-state index in [1.54, 1.807) is 0 Å². The van der Waals surface area contributed by atoms with Crippen LogP contribution in [0.25, 0.3) is 0 Å². The molecule has 0 aromatic rings. The van der Waals surface area contributed by atoms with E-state index in [9.17, 15) is 13.2 Å². The Morgan fingerprint density at radius 2 is 2.06 bits per heavy atom. The molecule has 0 aromatic carbocycles. The second kappa shape index (κ2) is 6.46. The zero-order chi connectivity index (χ0) is 13.8. The van der Waals surface area contributed by atoms with Gasteiger partial charge in [-0.3, -0.25) is 4.79 Å². The molecule has 0 spiro atoms. The predicted molar refractivity (Wildman–Crippen MR) is 65.4 cm³/mol. The van der Waals surface area contributed by atoms with Gasteiger partial charge in [-0.25, -0.2) is 8.42 Å². The average Bonchev–Trinajstić information content (AvgIpc) is 2.50. The van der Waals surface area contributed by atoms with Crippen LogP contribution in [0.2, 0.25) is 0 Å². The van der Waals surface area contributed by atoms with Crippen molar-refractivity contribution >= 4 is 15.9 Å². The van der Waals surface area contributed by atoms with Crippen LogP contribution >= 0.6 is 0 Å². The van der Waals surface area contributed by atoms with Crippen molar-refractivity contribution in [3.63, 3.8) is 0 Å². The van der Waals surface area contributed by atoms with E-state index in [0.717, 1.165) is 6.26 Å². The van der Waals surface area contributed by atoms with Crippen LogP contribution in [0, 0.1) is 5.92 Å². The Morgan fingerprint density at radius 3 is 2.56 bits per heavy atom. The van der Waals surface area contributed by atoms with E-state index < -0.39 is 16.6 Å². The van der Waals surface area contributed by atoms with Gasteiger partial charge in [0.25, 0.3) is 0 Å². The molecule has 0 bridgehead atoms. The second-order valence-corrected chi connectivity index (χ2v) is 6.42. The minimum atomic E-state index is -3.28. The highest BCUT2D eigenvalue weighted by molar-refractivity contribution is 7.88. The molecule has 1 unspecified atom stereocenters. The quantitative estimate of drug-likeness (QED) is 0.666. The highest BCUT2D eigenvalue weighted by Gasteiger charge is 2.29. The first-order valence-electron chi connectivity index (χ1n) is 5.71. The third kappa shape index (κ3) is 4.20. The molecule has 1 amide bonds. The topological polar surface area (TPSA) is 87.2 Å². The molecule has 106 valence electrons. The number of hydrogen-bond donors (Lipinski definition) is 1. The fourth-order valence-electron chi connectivity index (χ4n) is 2.04. The lowest BCUT2D eigenvalue weighted by atomic mass is 10.1. The Morgan fingerprint density at radius 1 is 1.39 bits per heavy atom. The van der Waals surface area contributed by atoms with Gasteiger partial charge < -0.3 is 14.7 Å². The van der Waals surface area contributed by atoms with Crippen molar-refractivity contribution in [2.75, 3.05) is 52.8 Å². The summed E-state index contributed by atoms with van der Waals surface area (Å²) in [5.41, 5.74) is 0. The standard InChI is InChI=1S/C10H20N2O5S/c1-17-8-9-5-11(10(14)7-13)3-4-12(6-9)18(2,15)16/h9,13H,3-8H2,1-2H3. The molecule has 1 rings (SSSR count). The number of ether oxygens (including phenoxy) is 1. The number of nitrogens with zero attached hydrogens (tertiary/aromatic N) is 2. The van der Waals surface area contributed by atoms with Crippen LogP contribution in [0.5, 0.6) is 0 Å². The Kier molecular flexibility index (Phi) is 5.51. The lowest BCUT2D eigenvalue weighted by molar-refractivity contribution is -0.134. The molecule has 1 fully saturated rings. The number of amides is 1. The van der Waals surface area contributed by atoms with Crippen molar-refractivity contribution in [3.05, 3.63) is 0 Å². The van der Waals surface area contributed by atoms with E-state index in [2.05, 4.69) is 0 Å². The number of carbonyl (C=O) groups is 1. The maximum Gasteiger partial charge on any atom is 0.248 e. The largest absolute Gasteiger partial charge is 0.387 e. The van der Waals surface area contributed by atoms with Gasteiger partial charge in [-0.15, -0.1) is 0 Å². The number of carbonyl (C=O) groups excluding carboxylic acids is 1. The van der Waals surface area contributed by atoms with E-state index in [-0.39, 0.29) is 18.4 Å². The molecule has 8 heteroatoms. The van der Waals surface area contributed by atoms with Crippen LogP contribution in [0.4, 0.5) is 0 Å². The number of aliphatic hydroxyl groups excluding tert-OH is 1. The van der Waals surface area contributed by atoms with Gasteiger partial charge in [-0.1, -0.05) is 0 Å². The first-order chi connectivity index (χ1) is 8.38. The van der Waals surface area contributed by atoms with Crippen molar-refractivity contribution in [1.82, 2.24) is 9.21 Å². The van der Waals surface area contributed by atoms with Crippen LogP contribution in [-0.2, 0) is 19.6 Å². The SMILES string of the molecule is COCC1CN(C(=O)CO)CCN(S(C)(=O)=O)C1. The van der Waals surface area contributed by atoms with Gasteiger partial charge in [0.15, 0.2) is 0 Å². The molecule has 0 radical (unpaired) electrons. The van der Waals surface area contributed by atoms with Crippen LogP contribution in [-0.4, -0.2) is 81.4 Å². The number of sulfonamides is 1. The summed E-state index contributed by atoms with van der Waals surface area (Å²) in [6, 6.07) is 0. The lowest BCUT2D eigenvalue weighted by Gasteiger charge is -2.22. The molecule has 1 atom stereocenters. The second-order valence-electron chi connectivity index (χ2n) is 4.44. The zero-order valence-corrected chi connectivity index (χ0v) is 11.5. The minimum absolute atomic E-state index is 0.0808. The third-order valence-electron chi connectivity index (χ3n) is 2.92. The minimum Gasteiger partial charge on any atom is -0.387 e. The van der Waals surface area contributed by atoms with Crippen molar-refractivity contribution in [3.8, 4) is 0 Å². The molecule has 1 heterocycles. The van der Waals surface area contributed by atoms with Gasteiger partial charge in [0, 0.05) is 39.2 Å². The molecule has 0 aliphatic carbocycles. The van der Waals surface area contributed by atoms with E-state index in [1.807, 2.05) is 0 Å². The van der Waals surface area contributed by atoms with Gasteiger partial charge in [0.1, 0.15) is 6.61 Å². The number of rotatable bonds is 4. The summed E-state index contributed by atoms with van der Waals surface area (Å²) in [6.45, 7) is 1.11. The van der Waals surface area contributed by atoms with Gasteiger partial charge >= 0.3 is 0 Å². The first kappa shape index (κ1) is 15.4. The Hall–Kier alpha value is -0.700. The molecule has 0 aromatic heterocycles. The number of aliphatic hydroxyl groups is 1. The van der Waals surface area contributed by atoms with Gasteiger partial charge in [0.2, 0.25) is 15.9 Å². The fraction of sp³-hybridized carbons (Fsp3) is 0.900. The van der Waals surface area contributed by atoms with Crippen LogP contribution in [0.3, 0.4) is 0 Å². The number of hydrogen-bond acceptors (Lipinski definition) is 5. The summed E-state index contributed by atoms with van der Waals surface area (Å²) in [6.07, 6.45) is 1.15.